The molecule has 0 saturated heterocycles. The first-order valence-electron chi connectivity index (χ1n) is 14.7. The SMILES string of the molecule is Cc1ncc(C(=O)NCCN(C(=O)OC(C)(C)C)C2CCC2)cc1NC(=O)c1cnn2cc(-c3cnn4c3CCC4)sc12. The van der Waals surface area contributed by atoms with Crippen LogP contribution in [0.15, 0.2) is 30.9 Å². The van der Waals surface area contributed by atoms with Gasteiger partial charge in [0.2, 0.25) is 0 Å². The van der Waals surface area contributed by atoms with Crippen LogP contribution in [0.3, 0.4) is 0 Å². The molecule has 0 bridgehead atoms. The maximum absolute atomic E-state index is 13.4. The van der Waals surface area contributed by atoms with E-state index >= 15 is 0 Å². The van der Waals surface area contributed by atoms with Gasteiger partial charge in [-0.2, -0.15) is 10.2 Å². The normalized spacial score (nSPS) is 14.8. The molecule has 13 heteroatoms. The second-order valence-corrected chi connectivity index (χ2v) is 13.1. The van der Waals surface area contributed by atoms with Crippen LogP contribution >= 0.6 is 11.3 Å². The van der Waals surface area contributed by atoms with Crippen molar-refractivity contribution in [2.45, 2.75) is 78.0 Å². The minimum atomic E-state index is -0.592. The average Bonchev–Trinajstić information content (AvgIpc) is 3.68. The number of anilines is 1. The maximum atomic E-state index is 13.4. The molecule has 1 aliphatic heterocycles. The molecule has 0 atom stereocenters. The van der Waals surface area contributed by atoms with Crippen LogP contribution in [-0.2, 0) is 17.7 Å². The van der Waals surface area contributed by atoms with Gasteiger partial charge in [-0.05, 0) is 65.9 Å². The molecule has 0 aromatic carbocycles. The zero-order chi connectivity index (χ0) is 30.3. The van der Waals surface area contributed by atoms with Gasteiger partial charge in [-0.1, -0.05) is 0 Å². The van der Waals surface area contributed by atoms with Crippen LogP contribution in [0.4, 0.5) is 10.5 Å². The molecule has 1 saturated carbocycles. The third-order valence-electron chi connectivity index (χ3n) is 7.82. The van der Waals surface area contributed by atoms with Crippen LogP contribution in [0.5, 0.6) is 0 Å². The lowest BCUT2D eigenvalue weighted by molar-refractivity contribution is 0.00734. The molecule has 1 fully saturated rings. The van der Waals surface area contributed by atoms with Gasteiger partial charge in [-0.3, -0.25) is 19.3 Å². The van der Waals surface area contributed by atoms with E-state index in [9.17, 15) is 14.4 Å². The van der Waals surface area contributed by atoms with Gasteiger partial charge in [0, 0.05) is 49.3 Å². The topological polar surface area (TPSA) is 136 Å². The number of thiazole rings is 1. The number of ether oxygens (including phenoxy) is 1. The Balaban J connectivity index is 1.11. The number of amides is 3. The van der Waals surface area contributed by atoms with Crippen LogP contribution in [0, 0.1) is 6.92 Å². The molecule has 6 rings (SSSR count). The number of hydrogen-bond donors (Lipinski definition) is 2. The van der Waals surface area contributed by atoms with Crippen molar-refractivity contribution < 1.29 is 19.1 Å². The molecule has 2 N–H and O–H groups in total. The Morgan fingerprint density at radius 2 is 1.93 bits per heavy atom. The smallest absolute Gasteiger partial charge is 0.410 e. The Hall–Kier alpha value is -4.26. The number of nitrogens with zero attached hydrogens (tertiary/aromatic N) is 6. The first-order chi connectivity index (χ1) is 20.6. The van der Waals surface area contributed by atoms with E-state index in [1.54, 1.807) is 28.6 Å². The molecule has 43 heavy (non-hydrogen) atoms. The summed E-state index contributed by atoms with van der Waals surface area (Å²) in [6.07, 6.45) is 11.5. The summed E-state index contributed by atoms with van der Waals surface area (Å²) in [4.78, 5) is 46.9. The lowest BCUT2D eigenvalue weighted by Gasteiger charge is -2.38. The molecular weight excluding hydrogens is 568 g/mol. The van der Waals surface area contributed by atoms with Crippen molar-refractivity contribution in [3.05, 3.63) is 53.4 Å². The fraction of sp³-hybridized carbons (Fsp3) is 0.467. The van der Waals surface area contributed by atoms with Crippen LogP contribution in [0.2, 0.25) is 0 Å². The van der Waals surface area contributed by atoms with Crippen LogP contribution in [0.1, 0.15) is 78.6 Å². The lowest BCUT2D eigenvalue weighted by Crippen LogP contribution is -2.49. The van der Waals surface area contributed by atoms with E-state index in [4.69, 9.17) is 4.74 Å². The molecule has 1 aliphatic carbocycles. The Bertz CT molecular complexity index is 1690. The molecule has 5 heterocycles. The molecule has 0 unspecified atom stereocenters. The zero-order valence-corrected chi connectivity index (χ0v) is 25.7. The number of pyridine rings is 1. The summed E-state index contributed by atoms with van der Waals surface area (Å²) in [5.41, 5.74) is 3.47. The molecule has 2 aliphatic rings. The van der Waals surface area contributed by atoms with Crippen molar-refractivity contribution in [3.8, 4) is 10.4 Å². The molecule has 3 amide bonds. The fourth-order valence-corrected chi connectivity index (χ4v) is 6.43. The maximum Gasteiger partial charge on any atom is 0.410 e. The number of hydrogen-bond acceptors (Lipinski definition) is 8. The summed E-state index contributed by atoms with van der Waals surface area (Å²) in [7, 11) is 0. The number of carbonyl (C=O) groups is 3. The van der Waals surface area contributed by atoms with Crippen molar-refractivity contribution in [2.75, 3.05) is 18.4 Å². The van der Waals surface area contributed by atoms with Crippen molar-refractivity contribution in [1.82, 2.24) is 34.6 Å². The highest BCUT2D eigenvalue weighted by Crippen LogP contribution is 2.35. The Morgan fingerprint density at radius 3 is 2.67 bits per heavy atom. The largest absolute Gasteiger partial charge is 0.444 e. The minimum absolute atomic E-state index is 0.130. The van der Waals surface area contributed by atoms with E-state index in [1.165, 1.54) is 23.2 Å². The van der Waals surface area contributed by atoms with Gasteiger partial charge in [0.25, 0.3) is 11.8 Å². The van der Waals surface area contributed by atoms with E-state index in [2.05, 4.69) is 25.8 Å². The molecule has 0 radical (unpaired) electrons. The van der Waals surface area contributed by atoms with Crippen molar-refractivity contribution in [3.63, 3.8) is 0 Å². The predicted octanol–water partition coefficient (Wildman–Crippen LogP) is 4.68. The molecule has 4 aromatic heterocycles. The third-order valence-corrected chi connectivity index (χ3v) is 8.96. The van der Waals surface area contributed by atoms with E-state index in [0.717, 1.165) is 53.9 Å². The van der Waals surface area contributed by atoms with Crippen LogP contribution < -0.4 is 10.6 Å². The third kappa shape index (κ3) is 5.99. The minimum Gasteiger partial charge on any atom is -0.444 e. The molecule has 12 nitrogen and oxygen atoms in total. The van der Waals surface area contributed by atoms with E-state index in [-0.39, 0.29) is 30.5 Å². The summed E-state index contributed by atoms with van der Waals surface area (Å²) in [5, 5.41) is 14.7. The summed E-state index contributed by atoms with van der Waals surface area (Å²) in [5.74, 6) is -0.676. The highest BCUT2D eigenvalue weighted by atomic mass is 32.1. The highest BCUT2D eigenvalue weighted by Gasteiger charge is 2.32. The summed E-state index contributed by atoms with van der Waals surface area (Å²) < 4.78 is 9.33. The number of nitrogens with one attached hydrogen (secondary N) is 2. The fourth-order valence-electron chi connectivity index (χ4n) is 5.34. The summed E-state index contributed by atoms with van der Waals surface area (Å²) in [6.45, 7) is 8.83. The first kappa shape index (κ1) is 28.8. The van der Waals surface area contributed by atoms with E-state index in [0.29, 0.717) is 29.1 Å². The van der Waals surface area contributed by atoms with E-state index < -0.39 is 5.60 Å². The Morgan fingerprint density at radius 1 is 1.12 bits per heavy atom. The monoisotopic (exact) mass is 604 g/mol. The number of aryl methyl sites for hydroxylation is 2. The van der Waals surface area contributed by atoms with Crippen LogP contribution in [0.25, 0.3) is 15.3 Å². The van der Waals surface area contributed by atoms with Gasteiger partial charge >= 0.3 is 6.09 Å². The second kappa shape index (κ2) is 11.4. The number of aromatic nitrogens is 5. The zero-order valence-electron chi connectivity index (χ0n) is 24.8. The molecule has 226 valence electrons. The number of fused-ring (bicyclic) bond motifs is 2. The lowest BCUT2D eigenvalue weighted by atomic mass is 9.92. The standard InChI is InChI=1S/C30H36N8O4S/c1-18-23(13-19(14-32-18)26(39)31-10-12-36(20-7-5-8-20)29(41)42-30(2,3)4)35-27(40)22-16-34-38-17-25(43-28(22)38)21-15-33-37-11-6-9-24(21)37/h13-17,20H,5-12H2,1-4H3,(H,31,39)(H,35,40). The second-order valence-electron chi connectivity index (χ2n) is 12.1. The quantitative estimate of drug-likeness (QED) is 0.298. The average molecular weight is 605 g/mol. The van der Waals surface area contributed by atoms with Gasteiger partial charge < -0.3 is 20.3 Å². The van der Waals surface area contributed by atoms with Gasteiger partial charge in [0.05, 0.1) is 39.8 Å². The van der Waals surface area contributed by atoms with Gasteiger partial charge in [0.1, 0.15) is 10.4 Å². The number of rotatable bonds is 8. The Labute approximate surface area is 253 Å². The van der Waals surface area contributed by atoms with E-state index in [1.807, 2.05) is 37.8 Å². The van der Waals surface area contributed by atoms with Crippen molar-refractivity contribution in [1.29, 1.82) is 0 Å². The van der Waals surface area contributed by atoms with Gasteiger partial charge in [0.15, 0.2) is 0 Å². The van der Waals surface area contributed by atoms with Gasteiger partial charge in [-0.25, -0.2) is 9.31 Å². The molecule has 0 spiro atoms. The van der Waals surface area contributed by atoms with Crippen LogP contribution in [-0.4, -0.2) is 71.9 Å². The number of carbonyl (C=O) groups excluding carboxylic acids is 3. The summed E-state index contributed by atoms with van der Waals surface area (Å²) in [6, 6.07) is 1.74. The first-order valence-corrected chi connectivity index (χ1v) is 15.5. The Kier molecular flexibility index (Phi) is 7.67. The van der Waals surface area contributed by atoms with Crippen molar-refractivity contribution >= 4 is 39.8 Å². The summed E-state index contributed by atoms with van der Waals surface area (Å²) >= 11 is 1.50. The van der Waals surface area contributed by atoms with Gasteiger partial charge in [-0.15, -0.1) is 11.3 Å². The highest BCUT2D eigenvalue weighted by molar-refractivity contribution is 7.21. The molecule has 4 aromatic rings. The van der Waals surface area contributed by atoms with Crippen molar-refractivity contribution in [2.24, 2.45) is 0 Å². The predicted molar refractivity (Wildman–Crippen MR) is 162 cm³/mol. The molecular formula is C30H36N8O4S.